The van der Waals surface area contributed by atoms with E-state index in [2.05, 4.69) is 10.0 Å². The van der Waals surface area contributed by atoms with Gasteiger partial charge in [0.05, 0.1) is 12.4 Å². The van der Waals surface area contributed by atoms with E-state index in [0.29, 0.717) is 12.3 Å². The lowest BCUT2D eigenvalue weighted by Crippen LogP contribution is -2.32. The van der Waals surface area contributed by atoms with Gasteiger partial charge in [0.1, 0.15) is 5.75 Å². The van der Waals surface area contributed by atoms with Gasteiger partial charge in [0.15, 0.2) is 0 Å². The molecule has 0 spiro atoms. The molecule has 1 aromatic carbocycles. The SMILES string of the molecule is CCOc1ccc(NS(=O)(=O)CC2CCCN2)cc1. The Bertz CT molecular complexity index is 493. The van der Waals surface area contributed by atoms with Gasteiger partial charge >= 0.3 is 0 Å². The smallest absolute Gasteiger partial charge is 0.234 e. The first-order chi connectivity index (χ1) is 9.09. The van der Waals surface area contributed by atoms with Crippen molar-refractivity contribution in [2.75, 3.05) is 23.6 Å². The first-order valence-corrected chi connectivity index (χ1v) is 8.21. The minimum absolute atomic E-state index is 0.0696. The molecular weight excluding hydrogens is 264 g/mol. The van der Waals surface area contributed by atoms with E-state index >= 15 is 0 Å². The number of rotatable bonds is 6. The fourth-order valence-electron chi connectivity index (χ4n) is 2.17. The summed E-state index contributed by atoms with van der Waals surface area (Å²) >= 11 is 0. The Hall–Kier alpha value is -1.27. The molecular formula is C13H20N2O3S. The molecule has 0 aliphatic carbocycles. The van der Waals surface area contributed by atoms with Crippen molar-refractivity contribution in [3.05, 3.63) is 24.3 Å². The van der Waals surface area contributed by atoms with Gasteiger partial charge in [0, 0.05) is 11.7 Å². The van der Waals surface area contributed by atoms with Crippen LogP contribution in [0.2, 0.25) is 0 Å². The van der Waals surface area contributed by atoms with Crippen molar-refractivity contribution in [1.29, 1.82) is 0 Å². The zero-order chi connectivity index (χ0) is 13.7. The van der Waals surface area contributed by atoms with Crippen molar-refractivity contribution in [3.8, 4) is 5.75 Å². The van der Waals surface area contributed by atoms with Crippen LogP contribution in [0, 0.1) is 0 Å². The highest BCUT2D eigenvalue weighted by molar-refractivity contribution is 7.92. The summed E-state index contributed by atoms with van der Waals surface area (Å²) in [6, 6.07) is 7.01. The molecule has 2 rings (SSSR count). The molecule has 1 saturated heterocycles. The van der Waals surface area contributed by atoms with Crippen LogP contribution in [0.5, 0.6) is 5.75 Å². The molecule has 0 saturated carbocycles. The number of hydrogen-bond acceptors (Lipinski definition) is 4. The van der Waals surface area contributed by atoms with E-state index in [0.717, 1.165) is 25.1 Å². The van der Waals surface area contributed by atoms with Crippen molar-refractivity contribution < 1.29 is 13.2 Å². The van der Waals surface area contributed by atoms with Gasteiger partial charge in [-0.25, -0.2) is 8.42 Å². The summed E-state index contributed by atoms with van der Waals surface area (Å²) < 4.78 is 31.9. The quantitative estimate of drug-likeness (QED) is 0.832. The largest absolute Gasteiger partial charge is 0.494 e. The van der Waals surface area contributed by atoms with Crippen molar-refractivity contribution >= 4 is 15.7 Å². The van der Waals surface area contributed by atoms with Crippen molar-refractivity contribution in [2.45, 2.75) is 25.8 Å². The number of anilines is 1. The third-order valence-electron chi connectivity index (χ3n) is 3.02. The summed E-state index contributed by atoms with van der Waals surface area (Å²) in [5.41, 5.74) is 0.571. The van der Waals surface area contributed by atoms with Crippen LogP contribution in [0.3, 0.4) is 0 Å². The van der Waals surface area contributed by atoms with Crippen molar-refractivity contribution in [2.24, 2.45) is 0 Å². The molecule has 1 unspecified atom stereocenters. The molecule has 2 N–H and O–H groups in total. The fraction of sp³-hybridized carbons (Fsp3) is 0.538. The Kier molecular flexibility index (Phi) is 4.66. The second-order valence-electron chi connectivity index (χ2n) is 4.63. The minimum Gasteiger partial charge on any atom is -0.494 e. The maximum atomic E-state index is 12.0. The van der Waals surface area contributed by atoms with Crippen LogP contribution in [0.25, 0.3) is 0 Å². The van der Waals surface area contributed by atoms with Crippen LogP contribution < -0.4 is 14.8 Å². The third-order valence-corrected chi connectivity index (χ3v) is 4.41. The van der Waals surface area contributed by atoms with Crippen molar-refractivity contribution in [1.82, 2.24) is 5.32 Å². The van der Waals surface area contributed by atoms with Gasteiger partial charge in [-0.1, -0.05) is 0 Å². The molecule has 5 nitrogen and oxygen atoms in total. The van der Waals surface area contributed by atoms with E-state index < -0.39 is 10.0 Å². The van der Waals surface area contributed by atoms with Crippen LogP contribution >= 0.6 is 0 Å². The van der Waals surface area contributed by atoms with Gasteiger partial charge in [-0.3, -0.25) is 4.72 Å². The van der Waals surface area contributed by atoms with Crippen LogP contribution in [-0.4, -0.2) is 33.4 Å². The Morgan fingerprint density at radius 1 is 1.37 bits per heavy atom. The van der Waals surface area contributed by atoms with Crippen LogP contribution in [0.15, 0.2) is 24.3 Å². The second kappa shape index (κ2) is 6.25. The Morgan fingerprint density at radius 3 is 2.68 bits per heavy atom. The molecule has 1 atom stereocenters. The van der Waals surface area contributed by atoms with Gasteiger partial charge in [-0.05, 0) is 50.6 Å². The van der Waals surface area contributed by atoms with Crippen LogP contribution in [-0.2, 0) is 10.0 Å². The molecule has 1 aliphatic rings. The first-order valence-electron chi connectivity index (χ1n) is 6.56. The normalized spacial score (nSPS) is 19.3. The molecule has 19 heavy (non-hydrogen) atoms. The van der Waals surface area contributed by atoms with Gasteiger partial charge < -0.3 is 10.1 Å². The highest BCUT2D eigenvalue weighted by Crippen LogP contribution is 2.17. The maximum Gasteiger partial charge on any atom is 0.234 e. The zero-order valence-corrected chi connectivity index (χ0v) is 11.9. The number of nitrogens with one attached hydrogen (secondary N) is 2. The Balaban J connectivity index is 1.94. The maximum absolute atomic E-state index is 12.0. The van der Waals surface area contributed by atoms with E-state index in [1.54, 1.807) is 24.3 Å². The molecule has 0 amide bonds. The molecule has 0 aromatic heterocycles. The standard InChI is InChI=1S/C13H20N2O3S/c1-2-18-13-7-5-11(6-8-13)15-19(16,17)10-12-4-3-9-14-12/h5-8,12,14-15H,2-4,9-10H2,1H3. The van der Waals surface area contributed by atoms with Crippen LogP contribution in [0.1, 0.15) is 19.8 Å². The van der Waals surface area contributed by atoms with E-state index in [1.807, 2.05) is 6.92 Å². The Morgan fingerprint density at radius 2 is 2.11 bits per heavy atom. The highest BCUT2D eigenvalue weighted by atomic mass is 32.2. The van der Waals surface area contributed by atoms with E-state index in [4.69, 9.17) is 4.74 Å². The molecule has 106 valence electrons. The molecule has 1 fully saturated rings. The average Bonchev–Trinajstić information content (AvgIpc) is 2.83. The van der Waals surface area contributed by atoms with Gasteiger partial charge in [-0.2, -0.15) is 0 Å². The number of ether oxygens (including phenoxy) is 1. The molecule has 1 aromatic rings. The molecule has 6 heteroatoms. The lowest BCUT2D eigenvalue weighted by molar-refractivity contribution is 0.340. The topological polar surface area (TPSA) is 67.4 Å². The van der Waals surface area contributed by atoms with Gasteiger partial charge in [-0.15, -0.1) is 0 Å². The van der Waals surface area contributed by atoms with E-state index in [1.165, 1.54) is 0 Å². The summed E-state index contributed by atoms with van der Waals surface area (Å²) in [7, 11) is -3.30. The lowest BCUT2D eigenvalue weighted by atomic mass is 10.3. The van der Waals surface area contributed by atoms with E-state index in [9.17, 15) is 8.42 Å². The highest BCUT2D eigenvalue weighted by Gasteiger charge is 2.21. The number of sulfonamides is 1. The fourth-order valence-corrected chi connectivity index (χ4v) is 3.56. The summed E-state index contributed by atoms with van der Waals surface area (Å²) in [6.07, 6.45) is 1.97. The monoisotopic (exact) mass is 284 g/mol. The molecule has 1 heterocycles. The predicted molar refractivity (Wildman–Crippen MR) is 76.0 cm³/mol. The van der Waals surface area contributed by atoms with Crippen molar-refractivity contribution in [3.63, 3.8) is 0 Å². The number of benzene rings is 1. The van der Waals surface area contributed by atoms with Crippen LogP contribution in [0.4, 0.5) is 5.69 Å². The molecule has 0 bridgehead atoms. The predicted octanol–water partition coefficient (Wildman–Crippen LogP) is 1.58. The third kappa shape index (κ3) is 4.40. The zero-order valence-electron chi connectivity index (χ0n) is 11.1. The average molecular weight is 284 g/mol. The van der Waals surface area contributed by atoms with Gasteiger partial charge in [0.25, 0.3) is 0 Å². The van der Waals surface area contributed by atoms with Gasteiger partial charge in [0.2, 0.25) is 10.0 Å². The summed E-state index contributed by atoms with van der Waals surface area (Å²) in [5.74, 6) is 0.864. The lowest BCUT2D eigenvalue weighted by Gasteiger charge is -2.13. The molecule has 1 aliphatic heterocycles. The van der Waals surface area contributed by atoms with E-state index in [-0.39, 0.29) is 11.8 Å². The number of hydrogen-bond donors (Lipinski definition) is 2. The summed E-state index contributed by atoms with van der Waals surface area (Å²) in [6.45, 7) is 3.41. The summed E-state index contributed by atoms with van der Waals surface area (Å²) in [5, 5.41) is 3.19. The Labute approximate surface area is 114 Å². The second-order valence-corrected chi connectivity index (χ2v) is 6.40. The molecule has 0 radical (unpaired) electrons. The summed E-state index contributed by atoms with van der Waals surface area (Å²) in [4.78, 5) is 0. The first kappa shape index (κ1) is 14.1. The minimum atomic E-state index is -3.30.